The van der Waals surface area contributed by atoms with Crippen molar-refractivity contribution < 1.29 is 0 Å². The van der Waals surface area contributed by atoms with Gasteiger partial charge in [0.2, 0.25) is 0 Å². The predicted octanol–water partition coefficient (Wildman–Crippen LogP) is 4.34. The van der Waals surface area contributed by atoms with Crippen LogP contribution in [0.5, 0.6) is 0 Å². The van der Waals surface area contributed by atoms with Crippen LogP contribution in [0.15, 0.2) is 42.7 Å². The number of nitrogens with one attached hydrogen (secondary N) is 1. The van der Waals surface area contributed by atoms with Crippen molar-refractivity contribution in [1.82, 2.24) is 15.1 Å². The molecule has 0 spiro atoms. The highest BCUT2D eigenvalue weighted by Crippen LogP contribution is 2.25. The summed E-state index contributed by atoms with van der Waals surface area (Å²) in [4.78, 5) is 0. The van der Waals surface area contributed by atoms with E-state index in [0.29, 0.717) is 18.0 Å². The number of aromatic nitrogens is 2. The van der Waals surface area contributed by atoms with Gasteiger partial charge in [-0.3, -0.25) is 4.68 Å². The molecule has 21 heavy (non-hydrogen) atoms. The molecule has 2 unspecified atom stereocenters. The molecule has 0 bridgehead atoms. The van der Waals surface area contributed by atoms with Gasteiger partial charge in [0, 0.05) is 30.4 Å². The molecule has 0 aliphatic heterocycles. The quantitative estimate of drug-likeness (QED) is 0.820. The molecular formula is C18H27N3. The Bertz CT molecular complexity index is 530. The molecule has 2 rings (SSSR count). The summed E-state index contributed by atoms with van der Waals surface area (Å²) in [6.07, 6.45) is 5.24. The lowest BCUT2D eigenvalue weighted by Gasteiger charge is -2.25. The van der Waals surface area contributed by atoms with E-state index in [1.165, 1.54) is 11.1 Å². The summed E-state index contributed by atoms with van der Waals surface area (Å²) in [6, 6.07) is 11.4. The van der Waals surface area contributed by atoms with Gasteiger partial charge in [0.05, 0.1) is 6.20 Å². The summed E-state index contributed by atoms with van der Waals surface area (Å²) < 4.78 is 1.98. The SMILES string of the molecule is CCn1cc(C(C)NC(CC(C)C)c2ccccc2)cn1. The van der Waals surface area contributed by atoms with Gasteiger partial charge < -0.3 is 5.32 Å². The first kappa shape index (κ1) is 15.8. The van der Waals surface area contributed by atoms with Crippen molar-refractivity contribution in [2.75, 3.05) is 0 Å². The van der Waals surface area contributed by atoms with Crippen LogP contribution in [-0.4, -0.2) is 9.78 Å². The van der Waals surface area contributed by atoms with E-state index < -0.39 is 0 Å². The maximum Gasteiger partial charge on any atom is 0.0537 e. The topological polar surface area (TPSA) is 29.9 Å². The van der Waals surface area contributed by atoms with E-state index in [1.54, 1.807) is 0 Å². The lowest BCUT2D eigenvalue weighted by molar-refractivity contribution is 0.394. The van der Waals surface area contributed by atoms with Crippen molar-refractivity contribution in [3.8, 4) is 0 Å². The molecule has 0 amide bonds. The van der Waals surface area contributed by atoms with Gasteiger partial charge in [0.25, 0.3) is 0 Å². The van der Waals surface area contributed by atoms with Gasteiger partial charge in [-0.05, 0) is 31.7 Å². The molecule has 114 valence electrons. The smallest absolute Gasteiger partial charge is 0.0537 e. The fraction of sp³-hybridized carbons (Fsp3) is 0.500. The molecule has 0 aliphatic rings. The Morgan fingerprint density at radius 1 is 1.10 bits per heavy atom. The monoisotopic (exact) mass is 285 g/mol. The molecule has 1 aromatic carbocycles. The molecule has 3 heteroatoms. The van der Waals surface area contributed by atoms with Crippen molar-refractivity contribution in [2.24, 2.45) is 5.92 Å². The van der Waals surface area contributed by atoms with Crippen molar-refractivity contribution in [3.63, 3.8) is 0 Å². The Kier molecular flexibility index (Phi) is 5.57. The molecule has 1 aromatic heterocycles. The van der Waals surface area contributed by atoms with Crippen LogP contribution in [0.2, 0.25) is 0 Å². The highest BCUT2D eigenvalue weighted by atomic mass is 15.3. The molecule has 2 aromatic rings. The van der Waals surface area contributed by atoms with Gasteiger partial charge in [-0.2, -0.15) is 5.10 Å². The second-order valence-corrected chi connectivity index (χ2v) is 6.11. The van der Waals surface area contributed by atoms with E-state index >= 15 is 0 Å². The van der Waals surface area contributed by atoms with Crippen molar-refractivity contribution in [2.45, 2.75) is 52.7 Å². The Labute approximate surface area is 128 Å². The van der Waals surface area contributed by atoms with Gasteiger partial charge in [-0.1, -0.05) is 44.2 Å². The minimum absolute atomic E-state index is 0.300. The average molecular weight is 285 g/mol. The molecular weight excluding hydrogens is 258 g/mol. The van der Waals surface area contributed by atoms with Gasteiger partial charge >= 0.3 is 0 Å². The van der Waals surface area contributed by atoms with Crippen molar-refractivity contribution >= 4 is 0 Å². The highest BCUT2D eigenvalue weighted by molar-refractivity contribution is 5.20. The zero-order chi connectivity index (χ0) is 15.2. The Hall–Kier alpha value is -1.61. The maximum absolute atomic E-state index is 4.37. The van der Waals surface area contributed by atoms with Crippen molar-refractivity contribution in [3.05, 3.63) is 53.9 Å². The first-order chi connectivity index (χ1) is 10.1. The fourth-order valence-electron chi connectivity index (χ4n) is 2.63. The average Bonchev–Trinajstić information content (AvgIpc) is 2.96. The minimum atomic E-state index is 0.300. The zero-order valence-electron chi connectivity index (χ0n) is 13.6. The molecule has 0 aliphatic carbocycles. The first-order valence-corrected chi connectivity index (χ1v) is 7.93. The van der Waals surface area contributed by atoms with E-state index in [4.69, 9.17) is 0 Å². The van der Waals surface area contributed by atoms with Gasteiger partial charge in [-0.15, -0.1) is 0 Å². The van der Waals surface area contributed by atoms with Gasteiger partial charge in [-0.25, -0.2) is 0 Å². The summed E-state index contributed by atoms with van der Waals surface area (Å²) in [5.41, 5.74) is 2.61. The van der Waals surface area contributed by atoms with E-state index in [0.717, 1.165) is 13.0 Å². The van der Waals surface area contributed by atoms with Crippen molar-refractivity contribution in [1.29, 1.82) is 0 Å². The number of hydrogen-bond donors (Lipinski definition) is 1. The number of aryl methyl sites for hydroxylation is 1. The van der Waals surface area contributed by atoms with E-state index in [2.05, 4.69) is 74.6 Å². The summed E-state index contributed by atoms with van der Waals surface area (Å²) in [5, 5.41) is 8.14. The third kappa shape index (κ3) is 4.43. The Balaban J connectivity index is 2.11. The standard InChI is InChI=1S/C18H27N3/c1-5-21-13-17(12-19-21)15(4)20-18(11-14(2)3)16-9-7-6-8-10-16/h6-10,12-15,18,20H,5,11H2,1-4H3. The third-order valence-corrected chi connectivity index (χ3v) is 3.84. The molecule has 1 N–H and O–H groups in total. The Morgan fingerprint density at radius 3 is 2.38 bits per heavy atom. The van der Waals surface area contributed by atoms with Crippen LogP contribution in [0.25, 0.3) is 0 Å². The normalized spacial score (nSPS) is 14.3. The molecule has 3 nitrogen and oxygen atoms in total. The zero-order valence-corrected chi connectivity index (χ0v) is 13.6. The molecule has 0 saturated carbocycles. The number of nitrogens with zero attached hydrogens (tertiary/aromatic N) is 2. The van der Waals surface area contributed by atoms with Crippen LogP contribution >= 0.6 is 0 Å². The lowest BCUT2D eigenvalue weighted by Crippen LogP contribution is -2.25. The third-order valence-electron chi connectivity index (χ3n) is 3.84. The summed E-state index contributed by atoms with van der Waals surface area (Å²) in [6.45, 7) is 9.79. The molecule has 0 radical (unpaired) electrons. The Morgan fingerprint density at radius 2 is 1.81 bits per heavy atom. The van der Waals surface area contributed by atoms with Crippen LogP contribution in [-0.2, 0) is 6.54 Å². The lowest BCUT2D eigenvalue weighted by atomic mass is 9.96. The molecule has 2 atom stereocenters. The van der Waals surface area contributed by atoms with E-state index in [9.17, 15) is 0 Å². The molecule has 0 fully saturated rings. The summed E-state index contributed by atoms with van der Waals surface area (Å²) in [7, 11) is 0. The highest BCUT2D eigenvalue weighted by Gasteiger charge is 2.17. The second kappa shape index (κ2) is 7.41. The minimum Gasteiger partial charge on any atom is -0.303 e. The summed E-state index contributed by atoms with van der Waals surface area (Å²) in [5.74, 6) is 0.660. The van der Waals surface area contributed by atoms with Crippen LogP contribution < -0.4 is 5.32 Å². The second-order valence-electron chi connectivity index (χ2n) is 6.11. The van der Waals surface area contributed by atoms with E-state index in [-0.39, 0.29) is 0 Å². The predicted molar refractivity (Wildman–Crippen MR) is 88.1 cm³/mol. The van der Waals surface area contributed by atoms with Crippen LogP contribution in [0.3, 0.4) is 0 Å². The summed E-state index contributed by atoms with van der Waals surface area (Å²) >= 11 is 0. The van der Waals surface area contributed by atoms with Crippen LogP contribution in [0.1, 0.15) is 57.3 Å². The van der Waals surface area contributed by atoms with Crippen LogP contribution in [0.4, 0.5) is 0 Å². The van der Waals surface area contributed by atoms with Gasteiger partial charge in [0.15, 0.2) is 0 Å². The first-order valence-electron chi connectivity index (χ1n) is 7.93. The molecule has 0 saturated heterocycles. The largest absolute Gasteiger partial charge is 0.303 e. The van der Waals surface area contributed by atoms with E-state index in [1.807, 2.05) is 10.9 Å². The number of benzene rings is 1. The van der Waals surface area contributed by atoms with Crippen LogP contribution in [0, 0.1) is 5.92 Å². The fourth-order valence-corrected chi connectivity index (χ4v) is 2.63. The number of hydrogen-bond acceptors (Lipinski definition) is 2. The number of rotatable bonds is 7. The maximum atomic E-state index is 4.37. The molecule has 1 heterocycles. The van der Waals surface area contributed by atoms with Gasteiger partial charge in [0.1, 0.15) is 0 Å².